The summed E-state index contributed by atoms with van der Waals surface area (Å²) in [6.45, 7) is 4.11. The van der Waals surface area contributed by atoms with E-state index in [-0.39, 0.29) is 6.61 Å². The molecule has 0 radical (unpaired) electrons. The van der Waals surface area contributed by atoms with Crippen molar-refractivity contribution in [3.8, 4) is 5.75 Å². The third-order valence-corrected chi connectivity index (χ3v) is 4.82. The molecule has 0 fully saturated rings. The van der Waals surface area contributed by atoms with Crippen LogP contribution in [0.5, 0.6) is 5.75 Å². The van der Waals surface area contributed by atoms with Crippen LogP contribution in [0.15, 0.2) is 54.6 Å². The van der Waals surface area contributed by atoms with Crippen LogP contribution in [0.4, 0.5) is 11.4 Å². The Kier molecular flexibility index (Phi) is 4.42. The number of ether oxygens (including phenoxy) is 1. The number of benzene rings is 3. The van der Waals surface area contributed by atoms with Gasteiger partial charge in [-0.1, -0.05) is 24.3 Å². The van der Waals surface area contributed by atoms with Crippen molar-refractivity contribution in [1.29, 1.82) is 0 Å². The second kappa shape index (κ2) is 6.89. The number of hydrogen-bond acceptors (Lipinski definition) is 4. The van der Waals surface area contributed by atoms with E-state index >= 15 is 0 Å². The largest absolute Gasteiger partial charge is 0.496 e. The maximum absolute atomic E-state index is 9.45. The zero-order valence-corrected chi connectivity index (χ0v) is 15.7. The van der Waals surface area contributed by atoms with Crippen LogP contribution < -0.4 is 10.1 Å². The van der Waals surface area contributed by atoms with Gasteiger partial charge in [0, 0.05) is 16.5 Å². The van der Waals surface area contributed by atoms with E-state index in [0.717, 1.165) is 50.1 Å². The van der Waals surface area contributed by atoms with E-state index in [9.17, 15) is 5.11 Å². The first-order valence-corrected chi connectivity index (χ1v) is 8.94. The van der Waals surface area contributed by atoms with Gasteiger partial charge in [-0.2, -0.15) is 0 Å². The number of nitrogens with one attached hydrogen (secondary N) is 1. The van der Waals surface area contributed by atoms with Crippen molar-refractivity contribution in [3.63, 3.8) is 0 Å². The van der Waals surface area contributed by atoms with E-state index < -0.39 is 0 Å². The molecular weight excluding hydrogens is 336 g/mol. The van der Waals surface area contributed by atoms with Gasteiger partial charge in [-0.15, -0.1) is 0 Å². The zero-order chi connectivity index (χ0) is 19.0. The predicted molar refractivity (Wildman–Crippen MR) is 111 cm³/mol. The maximum Gasteiger partial charge on any atom is 0.122 e. The normalized spacial score (nSPS) is 11.1. The summed E-state index contributed by atoms with van der Waals surface area (Å²) in [7, 11) is 1.68. The molecule has 0 atom stereocenters. The topological polar surface area (TPSA) is 54.4 Å². The Bertz CT molecular complexity index is 1150. The predicted octanol–water partition coefficient (Wildman–Crippen LogP) is 5.25. The van der Waals surface area contributed by atoms with E-state index in [4.69, 9.17) is 9.72 Å². The van der Waals surface area contributed by atoms with Gasteiger partial charge in [0.2, 0.25) is 0 Å². The number of fused-ring (bicyclic) bond motifs is 2. The highest BCUT2D eigenvalue weighted by atomic mass is 16.5. The summed E-state index contributed by atoms with van der Waals surface area (Å²) in [6.07, 6.45) is 0. The molecule has 0 amide bonds. The second-order valence-electron chi connectivity index (χ2n) is 6.83. The average Bonchev–Trinajstić information content (AvgIpc) is 2.67. The van der Waals surface area contributed by atoms with E-state index in [1.807, 2.05) is 37.3 Å². The van der Waals surface area contributed by atoms with Gasteiger partial charge in [0.15, 0.2) is 0 Å². The van der Waals surface area contributed by atoms with E-state index in [2.05, 4.69) is 36.5 Å². The summed E-state index contributed by atoms with van der Waals surface area (Å²) in [6, 6.07) is 18.2. The smallest absolute Gasteiger partial charge is 0.122 e. The summed E-state index contributed by atoms with van der Waals surface area (Å²) in [5.74, 6) is 0.836. The Hall–Kier alpha value is -3.11. The molecule has 4 rings (SSSR count). The van der Waals surface area contributed by atoms with Crippen molar-refractivity contribution >= 4 is 33.2 Å². The summed E-state index contributed by atoms with van der Waals surface area (Å²) in [4.78, 5) is 4.88. The molecular formula is C23H22N2O2. The first-order chi connectivity index (χ1) is 13.1. The Morgan fingerprint density at radius 3 is 2.56 bits per heavy atom. The molecule has 0 unspecified atom stereocenters. The fourth-order valence-corrected chi connectivity index (χ4v) is 3.43. The van der Waals surface area contributed by atoms with Gasteiger partial charge in [0.05, 0.1) is 30.4 Å². The third kappa shape index (κ3) is 3.20. The highest BCUT2D eigenvalue weighted by Crippen LogP contribution is 2.36. The van der Waals surface area contributed by atoms with Crippen molar-refractivity contribution < 1.29 is 9.84 Å². The number of nitrogens with zero attached hydrogens (tertiary/aromatic N) is 1. The standard InChI is InChI=1S/C23H22N2O2/c1-14-7-8-18-20(9-14)25-21-10-15(2)22(27-3)12-19(21)23(18)24-17-6-4-5-16(11-17)13-26/h4-12,26H,13H2,1-3H3,(H,24,25). The lowest BCUT2D eigenvalue weighted by Crippen LogP contribution is -1.98. The van der Waals surface area contributed by atoms with Gasteiger partial charge >= 0.3 is 0 Å². The van der Waals surface area contributed by atoms with Gasteiger partial charge in [-0.05, 0) is 60.9 Å². The number of rotatable bonds is 4. The Balaban J connectivity index is 2.00. The zero-order valence-electron chi connectivity index (χ0n) is 15.7. The number of aliphatic hydroxyl groups is 1. The molecule has 0 saturated carbocycles. The number of aryl methyl sites for hydroxylation is 2. The van der Waals surface area contributed by atoms with Crippen LogP contribution in [-0.2, 0) is 6.61 Å². The Morgan fingerprint density at radius 1 is 0.963 bits per heavy atom. The lowest BCUT2D eigenvalue weighted by molar-refractivity contribution is 0.282. The SMILES string of the molecule is COc1cc2c(Nc3cccc(CO)c3)c3ccc(C)cc3nc2cc1C. The third-order valence-electron chi connectivity index (χ3n) is 4.82. The van der Waals surface area contributed by atoms with Crippen LogP contribution in [0.1, 0.15) is 16.7 Å². The molecule has 0 spiro atoms. The van der Waals surface area contributed by atoms with Gasteiger partial charge < -0.3 is 15.2 Å². The number of pyridine rings is 1. The van der Waals surface area contributed by atoms with Crippen molar-refractivity contribution in [2.45, 2.75) is 20.5 Å². The lowest BCUT2D eigenvalue weighted by atomic mass is 10.0. The molecule has 3 aromatic carbocycles. The number of hydrogen-bond donors (Lipinski definition) is 2. The van der Waals surface area contributed by atoms with Gasteiger partial charge in [-0.3, -0.25) is 0 Å². The minimum Gasteiger partial charge on any atom is -0.496 e. The Morgan fingerprint density at radius 2 is 1.78 bits per heavy atom. The van der Waals surface area contributed by atoms with Gasteiger partial charge in [-0.25, -0.2) is 4.98 Å². The van der Waals surface area contributed by atoms with Crippen LogP contribution in [0, 0.1) is 13.8 Å². The van der Waals surface area contributed by atoms with Gasteiger partial charge in [0.25, 0.3) is 0 Å². The van der Waals surface area contributed by atoms with Crippen molar-refractivity contribution in [2.24, 2.45) is 0 Å². The molecule has 4 aromatic rings. The molecule has 4 nitrogen and oxygen atoms in total. The number of aliphatic hydroxyl groups excluding tert-OH is 1. The first kappa shape index (κ1) is 17.3. The van der Waals surface area contributed by atoms with Crippen molar-refractivity contribution in [3.05, 3.63) is 71.3 Å². The molecule has 136 valence electrons. The molecule has 2 N–H and O–H groups in total. The monoisotopic (exact) mass is 358 g/mol. The summed E-state index contributed by atoms with van der Waals surface area (Å²) >= 11 is 0. The molecule has 0 aliphatic carbocycles. The van der Waals surface area contributed by atoms with Crippen molar-refractivity contribution in [2.75, 3.05) is 12.4 Å². The quantitative estimate of drug-likeness (QED) is 0.489. The summed E-state index contributed by atoms with van der Waals surface area (Å²) in [5.41, 5.74) is 6.89. The minimum atomic E-state index is 0.0135. The summed E-state index contributed by atoms with van der Waals surface area (Å²) in [5, 5.41) is 15.0. The second-order valence-corrected chi connectivity index (χ2v) is 6.83. The fourth-order valence-electron chi connectivity index (χ4n) is 3.43. The molecule has 0 bridgehead atoms. The van der Waals surface area contributed by atoms with Crippen LogP contribution in [0.2, 0.25) is 0 Å². The number of methoxy groups -OCH3 is 1. The average molecular weight is 358 g/mol. The van der Waals surface area contributed by atoms with E-state index in [1.165, 1.54) is 5.56 Å². The molecule has 1 heterocycles. The van der Waals surface area contributed by atoms with Crippen molar-refractivity contribution in [1.82, 2.24) is 4.98 Å². The van der Waals surface area contributed by atoms with Gasteiger partial charge in [0.1, 0.15) is 5.75 Å². The van der Waals surface area contributed by atoms with E-state index in [0.29, 0.717) is 0 Å². The lowest BCUT2D eigenvalue weighted by Gasteiger charge is -2.16. The Labute approximate surface area is 158 Å². The first-order valence-electron chi connectivity index (χ1n) is 8.94. The highest BCUT2D eigenvalue weighted by Gasteiger charge is 2.13. The fraction of sp³-hybridized carbons (Fsp3) is 0.174. The maximum atomic E-state index is 9.45. The minimum absolute atomic E-state index is 0.0135. The van der Waals surface area contributed by atoms with Crippen LogP contribution in [0.25, 0.3) is 21.8 Å². The summed E-state index contributed by atoms with van der Waals surface area (Å²) < 4.78 is 5.54. The molecule has 0 aliphatic rings. The van der Waals surface area contributed by atoms with Crippen LogP contribution in [-0.4, -0.2) is 17.2 Å². The molecule has 0 aliphatic heterocycles. The highest BCUT2D eigenvalue weighted by molar-refractivity contribution is 6.09. The van der Waals surface area contributed by atoms with Crippen LogP contribution in [0.3, 0.4) is 0 Å². The molecule has 4 heteroatoms. The molecule has 27 heavy (non-hydrogen) atoms. The van der Waals surface area contributed by atoms with E-state index in [1.54, 1.807) is 7.11 Å². The molecule has 1 aromatic heterocycles. The number of anilines is 2. The number of aromatic nitrogens is 1. The molecule has 0 saturated heterocycles. The van der Waals surface area contributed by atoms with Crippen LogP contribution >= 0.6 is 0 Å².